The summed E-state index contributed by atoms with van der Waals surface area (Å²) in [5.41, 5.74) is 5.62. The van der Waals surface area contributed by atoms with E-state index in [1.54, 1.807) is 0 Å². The van der Waals surface area contributed by atoms with Crippen molar-refractivity contribution in [1.82, 2.24) is 5.32 Å². The van der Waals surface area contributed by atoms with E-state index >= 15 is 0 Å². The number of carbonyl (C=O) groups is 1. The van der Waals surface area contributed by atoms with Crippen molar-refractivity contribution in [3.63, 3.8) is 0 Å². The zero-order chi connectivity index (χ0) is 12.6. The minimum absolute atomic E-state index is 0.0811. The van der Waals surface area contributed by atoms with Gasteiger partial charge in [-0.2, -0.15) is 0 Å². The molecule has 3 rings (SSSR count). The van der Waals surface area contributed by atoms with Gasteiger partial charge in [-0.1, -0.05) is 12.8 Å². The molecule has 3 aliphatic rings. The highest BCUT2D eigenvalue weighted by Crippen LogP contribution is 2.35. The molecular formula is C14H24N2O2. The molecule has 3 atom stereocenters. The van der Waals surface area contributed by atoms with Crippen LogP contribution in [0.25, 0.3) is 0 Å². The quantitative estimate of drug-likeness (QED) is 0.779. The molecule has 102 valence electrons. The first-order valence-corrected chi connectivity index (χ1v) is 7.40. The summed E-state index contributed by atoms with van der Waals surface area (Å²) in [6.45, 7) is 0.857. The SMILES string of the molecule is NC1(C(=O)NC2CCCC3OCCC23)CCCC1. The molecule has 1 saturated heterocycles. The van der Waals surface area contributed by atoms with E-state index in [1.807, 2.05) is 0 Å². The highest BCUT2D eigenvalue weighted by molar-refractivity contribution is 5.86. The van der Waals surface area contributed by atoms with Crippen LogP contribution in [0.4, 0.5) is 0 Å². The van der Waals surface area contributed by atoms with Gasteiger partial charge in [-0.3, -0.25) is 4.79 Å². The first-order valence-electron chi connectivity index (χ1n) is 7.40. The number of rotatable bonds is 2. The van der Waals surface area contributed by atoms with Crippen LogP contribution in [0.5, 0.6) is 0 Å². The van der Waals surface area contributed by atoms with Gasteiger partial charge in [0.05, 0.1) is 11.6 Å². The number of carbonyl (C=O) groups excluding carboxylic acids is 1. The molecule has 2 aliphatic carbocycles. The van der Waals surface area contributed by atoms with Gasteiger partial charge in [-0.25, -0.2) is 0 Å². The summed E-state index contributed by atoms with van der Waals surface area (Å²) in [4.78, 5) is 12.3. The van der Waals surface area contributed by atoms with Gasteiger partial charge in [0.15, 0.2) is 0 Å². The van der Waals surface area contributed by atoms with Crippen molar-refractivity contribution in [2.24, 2.45) is 11.7 Å². The molecule has 2 saturated carbocycles. The van der Waals surface area contributed by atoms with Crippen LogP contribution in [0.1, 0.15) is 51.4 Å². The standard InChI is InChI=1S/C14H24N2O2/c15-14(7-1-2-8-14)13(17)16-11-4-3-5-12-10(11)6-9-18-12/h10-12H,1-9,15H2,(H,16,17). The summed E-state index contributed by atoms with van der Waals surface area (Å²) in [6, 6.07) is 0.291. The van der Waals surface area contributed by atoms with Crippen molar-refractivity contribution >= 4 is 5.91 Å². The van der Waals surface area contributed by atoms with Crippen LogP contribution in [0.3, 0.4) is 0 Å². The zero-order valence-electron chi connectivity index (χ0n) is 11.0. The molecule has 3 N–H and O–H groups in total. The van der Waals surface area contributed by atoms with Gasteiger partial charge >= 0.3 is 0 Å². The van der Waals surface area contributed by atoms with E-state index in [-0.39, 0.29) is 5.91 Å². The zero-order valence-corrected chi connectivity index (χ0v) is 11.0. The van der Waals surface area contributed by atoms with Crippen LogP contribution in [0.15, 0.2) is 0 Å². The van der Waals surface area contributed by atoms with Gasteiger partial charge in [-0.15, -0.1) is 0 Å². The number of amides is 1. The van der Waals surface area contributed by atoms with Crippen LogP contribution in [-0.4, -0.2) is 30.2 Å². The predicted molar refractivity (Wildman–Crippen MR) is 69.0 cm³/mol. The van der Waals surface area contributed by atoms with Crippen molar-refractivity contribution in [1.29, 1.82) is 0 Å². The van der Waals surface area contributed by atoms with Gasteiger partial charge in [0, 0.05) is 18.6 Å². The molecule has 1 heterocycles. The second kappa shape index (κ2) is 4.82. The number of nitrogens with two attached hydrogens (primary N) is 1. The van der Waals surface area contributed by atoms with Crippen LogP contribution in [-0.2, 0) is 9.53 Å². The van der Waals surface area contributed by atoms with Crippen LogP contribution in [0.2, 0.25) is 0 Å². The first kappa shape index (κ1) is 12.4. The Labute approximate surface area is 109 Å². The van der Waals surface area contributed by atoms with Gasteiger partial charge < -0.3 is 15.8 Å². The van der Waals surface area contributed by atoms with Crippen molar-refractivity contribution in [2.75, 3.05) is 6.61 Å². The third kappa shape index (κ3) is 2.16. The maximum Gasteiger partial charge on any atom is 0.240 e. The molecule has 4 heteroatoms. The summed E-state index contributed by atoms with van der Waals surface area (Å²) in [7, 11) is 0. The van der Waals surface area contributed by atoms with Crippen LogP contribution in [0, 0.1) is 5.92 Å². The fourth-order valence-corrected chi connectivity index (χ4v) is 3.90. The Balaban J connectivity index is 1.63. The Morgan fingerprint density at radius 2 is 1.94 bits per heavy atom. The van der Waals surface area contributed by atoms with E-state index in [4.69, 9.17) is 10.5 Å². The molecule has 1 amide bonds. The van der Waals surface area contributed by atoms with Crippen molar-refractivity contribution < 1.29 is 9.53 Å². The molecule has 0 aromatic carbocycles. The fourth-order valence-electron chi connectivity index (χ4n) is 3.90. The van der Waals surface area contributed by atoms with E-state index in [0.29, 0.717) is 18.1 Å². The molecule has 0 radical (unpaired) electrons. The molecule has 4 nitrogen and oxygen atoms in total. The summed E-state index contributed by atoms with van der Waals surface area (Å²) >= 11 is 0. The largest absolute Gasteiger partial charge is 0.378 e. The van der Waals surface area contributed by atoms with Gasteiger partial charge in [0.2, 0.25) is 5.91 Å². The maximum atomic E-state index is 12.3. The Kier molecular flexibility index (Phi) is 3.32. The molecule has 3 fully saturated rings. The Morgan fingerprint density at radius 1 is 1.17 bits per heavy atom. The van der Waals surface area contributed by atoms with Crippen LogP contribution < -0.4 is 11.1 Å². The van der Waals surface area contributed by atoms with E-state index in [2.05, 4.69) is 5.32 Å². The number of ether oxygens (including phenoxy) is 1. The second-order valence-corrected chi connectivity index (χ2v) is 6.24. The monoisotopic (exact) mass is 252 g/mol. The summed E-state index contributed by atoms with van der Waals surface area (Å²) < 4.78 is 5.74. The smallest absolute Gasteiger partial charge is 0.240 e. The molecule has 0 aromatic rings. The molecule has 0 aromatic heterocycles. The van der Waals surface area contributed by atoms with Gasteiger partial charge in [-0.05, 0) is 38.5 Å². The number of nitrogens with one attached hydrogen (secondary N) is 1. The lowest BCUT2D eigenvalue weighted by Gasteiger charge is -2.35. The predicted octanol–water partition coefficient (Wildman–Crippen LogP) is 1.33. The first-order chi connectivity index (χ1) is 8.69. The lowest BCUT2D eigenvalue weighted by atomic mass is 9.81. The van der Waals surface area contributed by atoms with E-state index in [0.717, 1.165) is 58.0 Å². The third-order valence-corrected chi connectivity index (χ3v) is 5.05. The number of hydrogen-bond acceptors (Lipinski definition) is 3. The highest BCUT2D eigenvalue weighted by Gasteiger charge is 2.42. The van der Waals surface area contributed by atoms with E-state index in [9.17, 15) is 4.79 Å². The molecule has 1 aliphatic heterocycles. The number of hydrogen-bond donors (Lipinski definition) is 2. The average molecular weight is 252 g/mol. The number of fused-ring (bicyclic) bond motifs is 1. The summed E-state index contributed by atoms with van der Waals surface area (Å²) in [5, 5.41) is 3.23. The molecule has 18 heavy (non-hydrogen) atoms. The Morgan fingerprint density at radius 3 is 2.72 bits per heavy atom. The molecule has 0 spiro atoms. The molecular weight excluding hydrogens is 228 g/mol. The second-order valence-electron chi connectivity index (χ2n) is 6.24. The fraction of sp³-hybridized carbons (Fsp3) is 0.929. The van der Waals surface area contributed by atoms with Crippen LogP contribution >= 0.6 is 0 Å². The van der Waals surface area contributed by atoms with Crippen molar-refractivity contribution in [2.45, 2.75) is 69.1 Å². The van der Waals surface area contributed by atoms with Gasteiger partial charge in [0.1, 0.15) is 0 Å². The van der Waals surface area contributed by atoms with Crippen molar-refractivity contribution in [3.05, 3.63) is 0 Å². The van der Waals surface area contributed by atoms with E-state index < -0.39 is 5.54 Å². The van der Waals surface area contributed by atoms with E-state index in [1.165, 1.54) is 0 Å². The summed E-state index contributed by atoms with van der Waals surface area (Å²) in [6.07, 6.45) is 8.73. The Hall–Kier alpha value is -0.610. The maximum absolute atomic E-state index is 12.3. The minimum atomic E-state index is -0.591. The summed E-state index contributed by atoms with van der Waals surface area (Å²) in [5.74, 6) is 0.602. The third-order valence-electron chi connectivity index (χ3n) is 5.05. The lowest BCUT2D eigenvalue weighted by Crippen LogP contribution is -2.57. The average Bonchev–Trinajstić information content (AvgIpc) is 2.98. The Bertz CT molecular complexity index is 326. The van der Waals surface area contributed by atoms with Crippen molar-refractivity contribution in [3.8, 4) is 0 Å². The lowest BCUT2D eigenvalue weighted by molar-refractivity contribution is -0.127. The van der Waals surface area contributed by atoms with Gasteiger partial charge in [0.25, 0.3) is 0 Å². The minimum Gasteiger partial charge on any atom is -0.378 e. The molecule has 0 bridgehead atoms. The molecule has 3 unspecified atom stereocenters. The highest BCUT2D eigenvalue weighted by atomic mass is 16.5. The topological polar surface area (TPSA) is 64.4 Å². The normalized spacial score (nSPS) is 38.4.